The van der Waals surface area contributed by atoms with Crippen LogP contribution in [0, 0.1) is 23.2 Å². The van der Waals surface area contributed by atoms with Crippen molar-refractivity contribution in [2.45, 2.75) is 335 Å². The lowest BCUT2D eigenvalue weighted by Crippen LogP contribution is -1.84. The van der Waals surface area contributed by atoms with E-state index in [1.807, 2.05) is 0 Å². The average molecular weight is 810 g/mol. The van der Waals surface area contributed by atoms with Gasteiger partial charge < -0.3 is 0 Å². The van der Waals surface area contributed by atoms with Gasteiger partial charge in [0, 0.05) is 12.8 Å². The van der Waals surface area contributed by atoms with Gasteiger partial charge in [0.2, 0.25) is 0 Å². The van der Waals surface area contributed by atoms with Gasteiger partial charge in [0.1, 0.15) is 0 Å². The van der Waals surface area contributed by atoms with Crippen molar-refractivity contribution in [1.82, 2.24) is 0 Å². The molecule has 0 nitrogen and oxygen atoms in total. The molecule has 0 atom stereocenters. The van der Waals surface area contributed by atoms with Gasteiger partial charge in [-0.15, -0.1) is 0 Å². The Morgan fingerprint density at radius 3 is 0.491 bits per heavy atom. The van der Waals surface area contributed by atoms with E-state index in [1.54, 1.807) is 0 Å². The summed E-state index contributed by atoms with van der Waals surface area (Å²) >= 11 is 0. The van der Waals surface area contributed by atoms with Crippen LogP contribution >= 0.6 is 8.58 Å². The van der Waals surface area contributed by atoms with Crippen molar-refractivity contribution in [3.05, 3.63) is 0 Å². The Balaban J connectivity index is 3.17. The molecule has 0 bridgehead atoms. The molecule has 0 aromatic heterocycles. The van der Waals surface area contributed by atoms with Gasteiger partial charge in [-0.25, -0.2) is 0 Å². The van der Waals surface area contributed by atoms with Crippen LogP contribution in [0.4, 0.5) is 0 Å². The minimum absolute atomic E-state index is 1.02. The average Bonchev–Trinajstić information content (AvgIpc) is 3.22. The summed E-state index contributed by atoms with van der Waals surface area (Å²) in [6, 6.07) is 0. The lowest BCUT2D eigenvalue weighted by Gasteiger charge is -2.04. The molecule has 0 aromatic carbocycles. The van der Waals surface area contributed by atoms with E-state index < -0.39 is 0 Å². The molecule has 1 heteroatoms. The van der Waals surface area contributed by atoms with Gasteiger partial charge in [-0.2, -0.15) is 0 Å². The molecule has 335 valence electrons. The second-order valence-electron chi connectivity index (χ2n) is 18.5. The molecule has 0 spiro atoms. The maximum atomic E-state index is 3.36. The minimum atomic E-state index is 1.02. The highest BCUT2D eigenvalue weighted by Gasteiger charge is 1.98. The summed E-state index contributed by atoms with van der Waals surface area (Å²) in [6.45, 7) is 4.62. The quantitative estimate of drug-likeness (QED) is 0.0326. The van der Waals surface area contributed by atoms with Crippen molar-refractivity contribution in [1.29, 1.82) is 0 Å². The van der Waals surface area contributed by atoms with Crippen LogP contribution in [0.2, 0.25) is 0 Å². The molecule has 0 aromatic rings. The molecule has 0 aliphatic rings. The monoisotopic (exact) mass is 810 g/mol. The van der Waals surface area contributed by atoms with Crippen molar-refractivity contribution < 1.29 is 0 Å². The Morgan fingerprint density at radius 2 is 0.333 bits per heavy atom. The number of unbranched alkanes of at least 4 members (excludes halogenated alkanes) is 48. The molecule has 0 N–H and O–H groups in total. The van der Waals surface area contributed by atoms with E-state index in [2.05, 4.69) is 37.0 Å². The van der Waals surface area contributed by atoms with E-state index in [0.717, 1.165) is 21.4 Å². The van der Waals surface area contributed by atoms with Gasteiger partial charge in [0.05, 0.1) is 8.58 Å². The van der Waals surface area contributed by atoms with Crippen LogP contribution in [-0.2, 0) is 0 Å². The van der Waals surface area contributed by atoms with Crippen LogP contribution in [0.25, 0.3) is 0 Å². The zero-order chi connectivity index (χ0) is 40.9. The highest BCUT2D eigenvalue weighted by Crippen LogP contribution is 2.18. The molecular formula is C56H106P. The Labute approximate surface area is 365 Å². The fraction of sp³-hybridized carbons (Fsp3) is 0.929. The van der Waals surface area contributed by atoms with Crippen molar-refractivity contribution in [3.8, 4) is 23.2 Å². The Bertz CT molecular complexity index is 754. The SMILES string of the molecule is CCCCCCCCCCCCCCCCCCCCCCCCCCC#C[P]C#CCCCCCCCCCCCCCCCCCCCCCCCCCC. The molecule has 57 heavy (non-hydrogen) atoms. The molecule has 0 amide bonds. The van der Waals surface area contributed by atoms with E-state index >= 15 is 0 Å². The lowest BCUT2D eigenvalue weighted by atomic mass is 10.0. The van der Waals surface area contributed by atoms with Crippen LogP contribution < -0.4 is 0 Å². The van der Waals surface area contributed by atoms with Gasteiger partial charge in [-0.3, -0.25) is 0 Å². The maximum Gasteiger partial charge on any atom is 0.0995 e. The third kappa shape index (κ3) is 55.6. The Morgan fingerprint density at radius 1 is 0.193 bits per heavy atom. The van der Waals surface area contributed by atoms with Gasteiger partial charge >= 0.3 is 0 Å². The highest BCUT2D eigenvalue weighted by molar-refractivity contribution is 7.49. The second-order valence-corrected chi connectivity index (χ2v) is 19.1. The van der Waals surface area contributed by atoms with E-state index in [4.69, 9.17) is 0 Å². The fourth-order valence-electron chi connectivity index (χ4n) is 8.57. The molecule has 0 rings (SSSR count). The van der Waals surface area contributed by atoms with Gasteiger partial charge in [0.25, 0.3) is 0 Å². The maximum absolute atomic E-state index is 3.36. The third-order valence-electron chi connectivity index (χ3n) is 12.6. The zero-order valence-corrected chi connectivity index (χ0v) is 40.7. The molecule has 0 unspecified atom stereocenters. The van der Waals surface area contributed by atoms with Crippen LogP contribution in [0.1, 0.15) is 335 Å². The van der Waals surface area contributed by atoms with Crippen LogP contribution in [0.5, 0.6) is 0 Å². The predicted molar refractivity (Wildman–Crippen MR) is 265 cm³/mol. The van der Waals surface area contributed by atoms with Crippen molar-refractivity contribution in [2.75, 3.05) is 0 Å². The predicted octanol–water partition coefficient (Wildman–Crippen LogP) is 21.4. The number of hydrogen-bond donors (Lipinski definition) is 0. The van der Waals surface area contributed by atoms with E-state index in [9.17, 15) is 0 Å². The first-order valence-electron chi connectivity index (χ1n) is 27.1. The van der Waals surface area contributed by atoms with E-state index in [-0.39, 0.29) is 0 Å². The second kappa shape index (κ2) is 55.5. The molecule has 0 saturated carbocycles. The lowest BCUT2D eigenvalue weighted by molar-refractivity contribution is 0.517. The summed E-state index contributed by atoms with van der Waals surface area (Å²) in [5.74, 6) is 6.71. The standard InChI is InChI=1S/C56H106P/c1-3-5-7-9-11-13-15-17-19-21-23-25-27-29-31-33-35-37-39-41-43-45-47-49-51-53-55-57-56-54-52-50-48-46-44-42-40-38-36-34-32-30-28-26-24-22-20-18-16-14-12-10-8-6-4-2/h3-52H2,1-2H3. The van der Waals surface area contributed by atoms with Crippen molar-refractivity contribution in [3.63, 3.8) is 0 Å². The van der Waals surface area contributed by atoms with Gasteiger partial charge in [0.15, 0.2) is 0 Å². The Kier molecular flexibility index (Phi) is 55.1. The molecule has 1 radical (unpaired) electrons. The minimum Gasteiger partial charge on any atom is -0.0972 e. The fourth-order valence-corrected chi connectivity index (χ4v) is 9.01. The largest absolute Gasteiger partial charge is 0.0995 e. The van der Waals surface area contributed by atoms with Gasteiger partial charge in [-0.1, -0.05) is 332 Å². The summed E-state index contributed by atoms with van der Waals surface area (Å²) in [5.41, 5.74) is 6.54. The van der Waals surface area contributed by atoms with Crippen molar-refractivity contribution in [2.24, 2.45) is 0 Å². The molecule has 0 aliphatic heterocycles. The highest BCUT2D eigenvalue weighted by atomic mass is 31.1. The van der Waals surface area contributed by atoms with Crippen LogP contribution in [-0.4, -0.2) is 0 Å². The molecule has 0 aliphatic carbocycles. The summed E-state index contributed by atoms with van der Waals surface area (Å²) in [7, 11) is 1.02. The summed E-state index contributed by atoms with van der Waals surface area (Å²) < 4.78 is 0. The first-order chi connectivity index (χ1) is 28.4. The Hall–Kier alpha value is -0.450. The molecule has 0 heterocycles. The molecule has 0 fully saturated rings. The smallest absolute Gasteiger partial charge is 0.0972 e. The molecular weight excluding hydrogens is 704 g/mol. The number of rotatable bonds is 48. The zero-order valence-electron chi connectivity index (χ0n) is 39.8. The topological polar surface area (TPSA) is 0 Å². The van der Waals surface area contributed by atoms with Gasteiger partial charge in [-0.05, 0) is 12.8 Å². The first-order valence-corrected chi connectivity index (χ1v) is 28.0. The van der Waals surface area contributed by atoms with Crippen molar-refractivity contribution >= 4 is 8.58 Å². The summed E-state index contributed by atoms with van der Waals surface area (Å²) in [4.78, 5) is 0. The summed E-state index contributed by atoms with van der Waals surface area (Å²) in [5, 5.41) is 0. The van der Waals surface area contributed by atoms with Crippen LogP contribution in [0.15, 0.2) is 0 Å². The number of hydrogen-bond acceptors (Lipinski definition) is 0. The summed E-state index contributed by atoms with van der Waals surface area (Å²) in [6.07, 6.45) is 71.7. The third-order valence-corrected chi connectivity index (χ3v) is 13.1. The van der Waals surface area contributed by atoms with E-state index in [1.165, 1.54) is 308 Å². The normalized spacial score (nSPS) is 11.1. The van der Waals surface area contributed by atoms with Crippen LogP contribution in [0.3, 0.4) is 0 Å². The molecule has 0 saturated heterocycles. The first kappa shape index (κ1) is 56.5. The van der Waals surface area contributed by atoms with E-state index in [0.29, 0.717) is 0 Å².